The van der Waals surface area contributed by atoms with Crippen LogP contribution in [0.4, 0.5) is 0 Å². The van der Waals surface area contributed by atoms with E-state index in [0.29, 0.717) is 5.75 Å². The largest absolute Gasteiger partial charge is 0.507 e. The molecule has 3 rings (SSSR count). The molecule has 0 saturated heterocycles. The Hall–Kier alpha value is -3.65. The zero-order valence-electron chi connectivity index (χ0n) is 15.6. The lowest BCUT2D eigenvalue weighted by atomic mass is 10.1. The van der Waals surface area contributed by atoms with Crippen LogP contribution in [0.3, 0.4) is 0 Å². The van der Waals surface area contributed by atoms with E-state index in [-0.39, 0.29) is 23.0 Å². The van der Waals surface area contributed by atoms with Gasteiger partial charge in [0.2, 0.25) is 0 Å². The number of phenols is 1. The Morgan fingerprint density at radius 2 is 1.72 bits per heavy atom. The molecule has 0 aliphatic heterocycles. The van der Waals surface area contributed by atoms with Crippen molar-refractivity contribution in [2.75, 3.05) is 6.61 Å². The highest BCUT2D eigenvalue weighted by Gasteiger charge is 2.13. The molecule has 7 nitrogen and oxygen atoms in total. The highest BCUT2D eigenvalue weighted by molar-refractivity contribution is 7.80. The van der Waals surface area contributed by atoms with Gasteiger partial charge in [0.05, 0.1) is 5.56 Å². The number of nitrogens with one attached hydrogen (secondary N) is 3. The lowest BCUT2D eigenvalue weighted by molar-refractivity contribution is -0.121. The maximum Gasteiger partial charge on any atom is 0.273 e. The first-order valence-corrected chi connectivity index (χ1v) is 9.14. The number of hydrazine groups is 1. The summed E-state index contributed by atoms with van der Waals surface area (Å²) in [6.45, 7) is 1.69. The van der Waals surface area contributed by atoms with E-state index in [1.807, 2.05) is 43.3 Å². The number of hydrogen-bond donors (Lipinski definition) is 4. The summed E-state index contributed by atoms with van der Waals surface area (Å²) in [6, 6.07) is 17.7. The minimum Gasteiger partial charge on any atom is -0.507 e. The van der Waals surface area contributed by atoms with Crippen molar-refractivity contribution < 1.29 is 19.4 Å². The van der Waals surface area contributed by atoms with Crippen LogP contribution in [0.25, 0.3) is 10.8 Å². The second kappa shape index (κ2) is 9.03. The SMILES string of the molecule is Cc1cccc(OCC(=O)NC(=S)NNC(=O)c2cc3ccccc3cc2O)c1. The smallest absolute Gasteiger partial charge is 0.273 e. The van der Waals surface area contributed by atoms with Crippen molar-refractivity contribution in [2.24, 2.45) is 0 Å². The Kier molecular flexibility index (Phi) is 6.25. The summed E-state index contributed by atoms with van der Waals surface area (Å²) < 4.78 is 5.38. The van der Waals surface area contributed by atoms with E-state index in [1.165, 1.54) is 6.07 Å². The van der Waals surface area contributed by atoms with Gasteiger partial charge in [-0.25, -0.2) is 0 Å². The van der Waals surface area contributed by atoms with Crippen LogP contribution < -0.4 is 20.9 Å². The molecule has 29 heavy (non-hydrogen) atoms. The Morgan fingerprint density at radius 1 is 1.00 bits per heavy atom. The van der Waals surface area contributed by atoms with E-state index in [4.69, 9.17) is 17.0 Å². The normalized spacial score (nSPS) is 10.2. The van der Waals surface area contributed by atoms with Crippen LogP contribution in [0.15, 0.2) is 60.7 Å². The van der Waals surface area contributed by atoms with Crippen LogP contribution in [0, 0.1) is 6.92 Å². The highest BCUT2D eigenvalue weighted by Crippen LogP contribution is 2.24. The van der Waals surface area contributed by atoms with Crippen LogP contribution in [-0.2, 0) is 4.79 Å². The van der Waals surface area contributed by atoms with Crippen LogP contribution in [0.1, 0.15) is 15.9 Å². The fraction of sp³-hybridized carbons (Fsp3) is 0.0952. The molecule has 3 aromatic carbocycles. The number of carbonyl (C=O) groups excluding carboxylic acids is 2. The molecule has 148 valence electrons. The number of fused-ring (bicyclic) bond motifs is 1. The third-order valence-electron chi connectivity index (χ3n) is 4.01. The first-order valence-electron chi connectivity index (χ1n) is 8.74. The van der Waals surface area contributed by atoms with Gasteiger partial charge in [0.1, 0.15) is 11.5 Å². The molecule has 0 aliphatic rings. The molecule has 3 aromatic rings. The van der Waals surface area contributed by atoms with E-state index >= 15 is 0 Å². The molecule has 0 bridgehead atoms. The molecule has 2 amide bonds. The minimum atomic E-state index is -0.596. The Morgan fingerprint density at radius 3 is 2.45 bits per heavy atom. The first-order chi connectivity index (χ1) is 13.9. The summed E-state index contributed by atoms with van der Waals surface area (Å²) in [6.07, 6.45) is 0. The maximum atomic E-state index is 12.3. The average molecular weight is 409 g/mol. The summed E-state index contributed by atoms with van der Waals surface area (Å²) in [4.78, 5) is 24.2. The number of ether oxygens (including phenoxy) is 1. The number of amides is 2. The monoisotopic (exact) mass is 409 g/mol. The van der Waals surface area contributed by atoms with E-state index in [9.17, 15) is 14.7 Å². The van der Waals surface area contributed by atoms with Crippen LogP contribution in [0.5, 0.6) is 11.5 Å². The van der Waals surface area contributed by atoms with Gasteiger partial charge in [-0.1, -0.05) is 36.4 Å². The van der Waals surface area contributed by atoms with Crippen molar-refractivity contribution in [3.63, 3.8) is 0 Å². The number of benzene rings is 3. The van der Waals surface area contributed by atoms with E-state index in [2.05, 4.69) is 16.2 Å². The van der Waals surface area contributed by atoms with Gasteiger partial charge in [-0.15, -0.1) is 0 Å². The molecule has 0 spiro atoms. The predicted molar refractivity (Wildman–Crippen MR) is 114 cm³/mol. The molecule has 0 atom stereocenters. The highest BCUT2D eigenvalue weighted by atomic mass is 32.1. The van der Waals surface area contributed by atoms with Gasteiger partial charge in [-0.3, -0.25) is 25.8 Å². The Labute approximate surface area is 172 Å². The third-order valence-corrected chi connectivity index (χ3v) is 4.21. The fourth-order valence-corrected chi connectivity index (χ4v) is 2.80. The second-order valence-corrected chi connectivity index (χ2v) is 6.69. The summed E-state index contributed by atoms with van der Waals surface area (Å²) in [5.41, 5.74) is 5.86. The summed E-state index contributed by atoms with van der Waals surface area (Å²) in [7, 11) is 0. The van der Waals surface area contributed by atoms with Gasteiger partial charge >= 0.3 is 0 Å². The molecule has 0 heterocycles. The molecule has 4 N–H and O–H groups in total. The Bertz CT molecular complexity index is 1080. The molecule has 0 unspecified atom stereocenters. The second-order valence-electron chi connectivity index (χ2n) is 6.28. The quantitative estimate of drug-likeness (QED) is 0.390. The summed E-state index contributed by atoms with van der Waals surface area (Å²) in [5.74, 6) is -0.670. The molecule has 0 aromatic heterocycles. The zero-order valence-corrected chi connectivity index (χ0v) is 16.4. The number of aryl methyl sites for hydroxylation is 1. The molecule has 0 fully saturated rings. The molecule has 0 aliphatic carbocycles. The van der Waals surface area contributed by atoms with Crippen molar-refractivity contribution in [3.05, 3.63) is 71.8 Å². The van der Waals surface area contributed by atoms with E-state index < -0.39 is 11.8 Å². The number of rotatable bonds is 4. The lowest BCUT2D eigenvalue weighted by Gasteiger charge is -2.12. The Balaban J connectivity index is 1.50. The summed E-state index contributed by atoms with van der Waals surface area (Å²) >= 11 is 4.98. The van der Waals surface area contributed by atoms with E-state index in [1.54, 1.807) is 18.2 Å². The zero-order chi connectivity index (χ0) is 20.8. The van der Waals surface area contributed by atoms with Gasteiger partial charge in [0.25, 0.3) is 11.8 Å². The molecule has 0 radical (unpaired) electrons. The average Bonchev–Trinajstić information content (AvgIpc) is 2.70. The first kappa shape index (κ1) is 20.1. The van der Waals surface area contributed by atoms with Gasteiger partial charge < -0.3 is 9.84 Å². The van der Waals surface area contributed by atoms with E-state index in [0.717, 1.165) is 16.3 Å². The van der Waals surface area contributed by atoms with Crippen molar-refractivity contribution in [1.29, 1.82) is 0 Å². The predicted octanol–water partition coefficient (Wildman–Crippen LogP) is 2.57. The van der Waals surface area contributed by atoms with Crippen LogP contribution >= 0.6 is 12.2 Å². The van der Waals surface area contributed by atoms with Crippen LogP contribution in [0.2, 0.25) is 0 Å². The molecular weight excluding hydrogens is 390 g/mol. The van der Waals surface area contributed by atoms with Gasteiger partial charge in [-0.2, -0.15) is 0 Å². The number of aromatic hydroxyl groups is 1. The van der Waals surface area contributed by atoms with Crippen molar-refractivity contribution >= 4 is 39.9 Å². The number of phenolic OH excluding ortho intramolecular Hbond substituents is 1. The van der Waals surface area contributed by atoms with Gasteiger partial charge in [0.15, 0.2) is 11.7 Å². The maximum absolute atomic E-state index is 12.3. The molecule has 8 heteroatoms. The summed E-state index contributed by atoms with van der Waals surface area (Å²) in [5, 5.41) is 14.0. The molecule has 0 saturated carbocycles. The lowest BCUT2D eigenvalue weighted by Crippen LogP contribution is -2.49. The minimum absolute atomic E-state index is 0.0770. The number of thiocarbonyl (C=S) groups is 1. The van der Waals surface area contributed by atoms with Gasteiger partial charge in [-0.05, 0) is 59.7 Å². The van der Waals surface area contributed by atoms with Crippen molar-refractivity contribution in [1.82, 2.24) is 16.2 Å². The van der Waals surface area contributed by atoms with Crippen molar-refractivity contribution in [2.45, 2.75) is 6.92 Å². The molecular formula is C21H19N3O4S. The number of hydrogen-bond acceptors (Lipinski definition) is 5. The third kappa shape index (κ3) is 5.43. The van der Waals surface area contributed by atoms with Crippen LogP contribution in [-0.4, -0.2) is 28.6 Å². The standard InChI is InChI=1S/C21H19N3O4S/c1-13-5-4-8-16(9-13)28-12-19(26)22-21(29)24-23-20(27)17-10-14-6-2-3-7-15(14)11-18(17)25/h2-11,25H,12H2,1H3,(H,23,27)(H2,22,24,26,29). The topological polar surface area (TPSA) is 99.7 Å². The number of carbonyl (C=O) groups is 2. The van der Waals surface area contributed by atoms with Gasteiger partial charge in [0, 0.05) is 0 Å². The van der Waals surface area contributed by atoms with Crippen molar-refractivity contribution in [3.8, 4) is 11.5 Å². The fourth-order valence-electron chi connectivity index (χ4n) is 2.64.